The number of hydrogen-bond donors (Lipinski definition) is 0. The highest BCUT2D eigenvalue weighted by Crippen LogP contribution is 2.52. The SMILES string of the molecule is Cc1ccc(N(c2ccc(C)cc2)c2ccc(-c3cc4c(s3)c3cc(-c5ccc(N(c6ccc(C)cc6)c6ccc(C)cc6)cc5)sc3c3cc(-c5ccc(N(c6ccc(C)cc6)c6ccc(C)cc6)cc5)sc43)cc2)cc1. The number of benzene rings is 10. The Labute approximate surface area is 469 Å². The van der Waals surface area contributed by atoms with Crippen LogP contribution in [0.3, 0.4) is 0 Å². The average molecular weight is 1060 g/mol. The zero-order valence-corrected chi connectivity index (χ0v) is 47.0. The molecular weight excluding hydrogens is 1000 g/mol. The van der Waals surface area contributed by atoms with E-state index in [-0.39, 0.29) is 0 Å². The summed E-state index contributed by atoms with van der Waals surface area (Å²) in [5.41, 5.74) is 21.3. The van der Waals surface area contributed by atoms with Gasteiger partial charge in [-0.25, -0.2) is 0 Å². The Kier molecular flexibility index (Phi) is 12.9. The van der Waals surface area contributed by atoms with Gasteiger partial charge in [0.2, 0.25) is 0 Å². The van der Waals surface area contributed by atoms with Gasteiger partial charge in [0.05, 0.1) is 0 Å². The van der Waals surface area contributed by atoms with E-state index < -0.39 is 0 Å². The number of rotatable bonds is 12. The molecule has 378 valence electrons. The summed E-state index contributed by atoms with van der Waals surface area (Å²) in [6.45, 7) is 12.9. The Hall–Kier alpha value is -8.52. The molecule has 78 heavy (non-hydrogen) atoms. The lowest BCUT2D eigenvalue weighted by Crippen LogP contribution is -2.09. The molecule has 13 rings (SSSR count). The van der Waals surface area contributed by atoms with Crippen LogP contribution in [0.15, 0.2) is 237 Å². The highest BCUT2D eigenvalue weighted by Gasteiger charge is 2.22. The Bertz CT molecular complexity index is 3570. The van der Waals surface area contributed by atoms with Gasteiger partial charge in [0.25, 0.3) is 0 Å². The minimum Gasteiger partial charge on any atom is -0.311 e. The minimum atomic E-state index is 1.13. The fraction of sp³-hybridized carbons (Fsp3) is 0.0833. The second-order valence-corrected chi connectivity index (χ2v) is 23.9. The lowest BCUT2D eigenvalue weighted by Gasteiger charge is -2.26. The van der Waals surface area contributed by atoms with Gasteiger partial charge < -0.3 is 14.7 Å². The van der Waals surface area contributed by atoms with Crippen LogP contribution in [0, 0.1) is 41.5 Å². The van der Waals surface area contributed by atoms with Gasteiger partial charge >= 0.3 is 0 Å². The van der Waals surface area contributed by atoms with Gasteiger partial charge in [-0.15, -0.1) is 34.0 Å². The molecule has 13 aromatic rings. The molecule has 0 radical (unpaired) electrons. The molecule has 0 fully saturated rings. The largest absolute Gasteiger partial charge is 0.311 e. The molecule has 6 heteroatoms. The van der Waals surface area contributed by atoms with Gasteiger partial charge in [0, 0.05) is 96.1 Å². The van der Waals surface area contributed by atoms with Crippen molar-refractivity contribution in [3.05, 3.63) is 270 Å². The Morgan fingerprint density at radius 3 is 0.526 bits per heavy atom. The van der Waals surface area contributed by atoms with Gasteiger partial charge in [-0.05, 0) is 186 Å². The number of aryl methyl sites for hydroxylation is 6. The molecule has 0 aliphatic carbocycles. The van der Waals surface area contributed by atoms with E-state index in [9.17, 15) is 0 Å². The van der Waals surface area contributed by atoms with Crippen molar-refractivity contribution < 1.29 is 0 Å². The topological polar surface area (TPSA) is 9.72 Å². The van der Waals surface area contributed by atoms with Crippen LogP contribution >= 0.6 is 34.0 Å². The van der Waals surface area contributed by atoms with Crippen LogP contribution in [-0.2, 0) is 0 Å². The van der Waals surface area contributed by atoms with E-state index >= 15 is 0 Å². The highest BCUT2D eigenvalue weighted by molar-refractivity contribution is 7.29. The first-order valence-electron chi connectivity index (χ1n) is 26.6. The number of anilines is 9. The Balaban J connectivity index is 0.916. The molecule has 0 aliphatic heterocycles. The van der Waals surface area contributed by atoms with Gasteiger partial charge in [0.15, 0.2) is 0 Å². The van der Waals surface area contributed by atoms with E-state index in [1.807, 2.05) is 34.0 Å². The number of hydrogen-bond acceptors (Lipinski definition) is 6. The zero-order chi connectivity index (χ0) is 53.0. The van der Waals surface area contributed by atoms with Crippen molar-refractivity contribution >= 4 is 115 Å². The number of thiophene rings is 3. The summed E-state index contributed by atoms with van der Waals surface area (Å²) in [6.07, 6.45) is 0. The molecule has 0 spiro atoms. The molecule has 10 aromatic carbocycles. The maximum absolute atomic E-state index is 2.45. The van der Waals surface area contributed by atoms with Gasteiger partial charge in [-0.1, -0.05) is 143 Å². The molecule has 3 aromatic heterocycles. The molecule has 0 amide bonds. The number of nitrogens with zero attached hydrogens (tertiary/aromatic N) is 3. The monoisotopic (exact) mass is 1060 g/mol. The summed E-state index contributed by atoms with van der Waals surface area (Å²) in [7, 11) is 0. The van der Waals surface area contributed by atoms with Crippen molar-refractivity contribution in [2.45, 2.75) is 41.5 Å². The molecule has 0 saturated carbocycles. The van der Waals surface area contributed by atoms with Crippen molar-refractivity contribution in [2.75, 3.05) is 14.7 Å². The van der Waals surface area contributed by atoms with Crippen molar-refractivity contribution in [2.24, 2.45) is 0 Å². The second kappa shape index (κ2) is 20.5. The van der Waals surface area contributed by atoms with Crippen molar-refractivity contribution in [3.63, 3.8) is 0 Å². The van der Waals surface area contributed by atoms with Crippen LogP contribution in [-0.4, -0.2) is 0 Å². The van der Waals surface area contributed by atoms with Crippen molar-refractivity contribution in [3.8, 4) is 31.3 Å². The van der Waals surface area contributed by atoms with Gasteiger partial charge in [0.1, 0.15) is 0 Å². The van der Waals surface area contributed by atoms with Gasteiger partial charge in [-0.3, -0.25) is 0 Å². The first kappa shape index (κ1) is 49.1. The lowest BCUT2D eigenvalue weighted by molar-refractivity contribution is 1.27. The molecule has 0 unspecified atom stereocenters. The summed E-state index contributed by atoms with van der Waals surface area (Å²) in [5, 5.41) is 3.94. The zero-order valence-electron chi connectivity index (χ0n) is 44.6. The van der Waals surface area contributed by atoms with Gasteiger partial charge in [-0.2, -0.15) is 0 Å². The first-order valence-corrected chi connectivity index (χ1v) is 29.1. The average Bonchev–Trinajstić information content (AvgIpc) is 4.43. The fourth-order valence-corrected chi connectivity index (χ4v) is 14.3. The summed E-state index contributed by atoms with van der Waals surface area (Å²) >= 11 is 5.74. The summed E-state index contributed by atoms with van der Waals surface area (Å²) in [5.74, 6) is 0. The third-order valence-electron chi connectivity index (χ3n) is 14.9. The van der Waals surface area contributed by atoms with Crippen LogP contribution in [0.5, 0.6) is 0 Å². The summed E-state index contributed by atoms with van der Waals surface area (Å²) < 4.78 is 3.99. The normalized spacial score (nSPS) is 11.5. The van der Waals surface area contributed by atoms with Crippen LogP contribution in [0.1, 0.15) is 33.4 Å². The van der Waals surface area contributed by atoms with E-state index in [1.165, 1.54) is 95.0 Å². The molecule has 3 nitrogen and oxygen atoms in total. The van der Waals surface area contributed by atoms with E-state index in [0.29, 0.717) is 0 Å². The van der Waals surface area contributed by atoms with Crippen molar-refractivity contribution in [1.29, 1.82) is 0 Å². The maximum Gasteiger partial charge on any atom is 0.0462 e. The molecule has 0 bridgehead atoms. The Morgan fingerprint density at radius 2 is 0.359 bits per heavy atom. The van der Waals surface area contributed by atoms with E-state index in [1.54, 1.807) is 0 Å². The lowest BCUT2D eigenvalue weighted by atomic mass is 10.1. The smallest absolute Gasteiger partial charge is 0.0462 e. The molecule has 0 saturated heterocycles. The predicted octanol–water partition coefficient (Wildman–Crippen LogP) is 22.6. The third kappa shape index (κ3) is 9.47. The molecule has 0 N–H and O–H groups in total. The van der Waals surface area contributed by atoms with Crippen LogP contribution in [0.2, 0.25) is 0 Å². The van der Waals surface area contributed by atoms with E-state index in [4.69, 9.17) is 0 Å². The summed E-state index contributed by atoms with van der Waals surface area (Å²) in [4.78, 5) is 10.8. The van der Waals surface area contributed by atoms with Crippen molar-refractivity contribution in [1.82, 2.24) is 0 Å². The molecule has 0 aliphatic rings. The standard InChI is InChI=1S/C72H57N3S3/c1-46-7-25-55(26-8-46)73(56-27-9-47(2)10-28-56)61-37-19-52(20-38-61)67-43-64-70(76-67)65-44-68(53-21-39-62(40-22-53)74(57-29-11-48(3)12-30-57)58-31-13-49(4)14-32-58)78-72(65)66-45-69(77-71(64)66)54-23-41-63(42-24-54)75(59-33-15-50(5)16-34-59)60-35-17-51(6)18-36-60/h7-45H,1-6H3. The third-order valence-corrected chi connectivity index (χ3v) is 18.6. The summed E-state index contributed by atoms with van der Waals surface area (Å²) in [6, 6.07) is 87.8. The minimum absolute atomic E-state index is 1.13. The molecule has 0 atom stereocenters. The molecular formula is C72H57N3S3. The number of fused-ring (bicyclic) bond motifs is 6. The van der Waals surface area contributed by atoms with Crippen LogP contribution in [0.25, 0.3) is 61.6 Å². The highest BCUT2D eigenvalue weighted by atomic mass is 32.1. The second-order valence-electron chi connectivity index (χ2n) is 20.7. The maximum atomic E-state index is 2.45. The first-order chi connectivity index (χ1) is 38.1. The fourth-order valence-electron chi connectivity index (χ4n) is 10.5. The van der Waals surface area contributed by atoms with Crippen LogP contribution < -0.4 is 14.7 Å². The van der Waals surface area contributed by atoms with Crippen LogP contribution in [0.4, 0.5) is 51.2 Å². The van der Waals surface area contributed by atoms with E-state index in [2.05, 4.69) is 293 Å². The van der Waals surface area contributed by atoms with E-state index in [0.717, 1.165) is 51.2 Å². The predicted molar refractivity (Wildman–Crippen MR) is 341 cm³/mol. The quantitative estimate of drug-likeness (QED) is 0.121. The Morgan fingerprint density at radius 1 is 0.205 bits per heavy atom. The molecule has 3 heterocycles.